The fourth-order valence-corrected chi connectivity index (χ4v) is 2.61. The van der Waals surface area contributed by atoms with Crippen molar-refractivity contribution in [2.75, 3.05) is 18.6 Å². The largest absolute Gasteiger partial charge is 0.465 e. The first-order valence-electron chi connectivity index (χ1n) is 6.84. The van der Waals surface area contributed by atoms with Gasteiger partial charge in [0.1, 0.15) is 11.4 Å². The summed E-state index contributed by atoms with van der Waals surface area (Å²) in [6, 6.07) is 7.24. The summed E-state index contributed by atoms with van der Waals surface area (Å²) in [6.45, 7) is 0.379. The van der Waals surface area contributed by atoms with Crippen LogP contribution in [0.3, 0.4) is 0 Å². The van der Waals surface area contributed by atoms with Crippen molar-refractivity contribution in [1.29, 1.82) is 0 Å². The van der Waals surface area contributed by atoms with E-state index in [2.05, 4.69) is 20.0 Å². The Hall–Kier alpha value is -2.32. The molecule has 2 rings (SSSR count). The monoisotopic (exact) mass is 366 g/mol. The molecule has 0 saturated heterocycles. The molecule has 24 heavy (non-hydrogen) atoms. The molecule has 0 aliphatic heterocycles. The second-order valence-corrected chi connectivity index (χ2v) is 6.02. The molecule has 0 radical (unpaired) electrons. The number of hydrogen-bond donors (Lipinski definition) is 2. The van der Waals surface area contributed by atoms with Crippen molar-refractivity contribution in [3.8, 4) is 0 Å². The number of amides is 1. The van der Waals surface area contributed by atoms with Crippen molar-refractivity contribution in [2.24, 2.45) is 0 Å². The molecule has 0 saturated carbocycles. The van der Waals surface area contributed by atoms with Gasteiger partial charge in [-0.1, -0.05) is 35.5 Å². The minimum absolute atomic E-state index is 0.0127. The Morgan fingerprint density at radius 2 is 2.21 bits per heavy atom. The summed E-state index contributed by atoms with van der Waals surface area (Å²) in [5, 5.41) is 3.69. The number of benzene rings is 1. The zero-order chi connectivity index (χ0) is 17.5. The standard InChI is InChI=1S/C15H15ClN4O3S/c1-23-14(22)11-7-19-15(20-13(11)17)24-8-12(21)18-6-9-3-2-4-10(16)5-9/h2-5,7H,6,8H2,1H3,(H,18,21)(H2,17,19,20). The number of nitrogens with one attached hydrogen (secondary N) is 1. The van der Waals surface area contributed by atoms with E-state index in [0.717, 1.165) is 17.3 Å². The number of nitrogens with zero attached hydrogens (tertiary/aromatic N) is 2. The third-order valence-corrected chi connectivity index (χ3v) is 4.01. The van der Waals surface area contributed by atoms with Crippen molar-refractivity contribution in [3.05, 3.63) is 46.6 Å². The Kier molecular flexibility index (Phi) is 6.39. The predicted molar refractivity (Wildman–Crippen MR) is 91.8 cm³/mol. The predicted octanol–water partition coefficient (Wildman–Crippen LogP) is 1.91. The van der Waals surface area contributed by atoms with Crippen molar-refractivity contribution in [1.82, 2.24) is 15.3 Å². The molecule has 126 valence electrons. The van der Waals surface area contributed by atoms with Gasteiger partial charge in [-0.3, -0.25) is 4.79 Å². The summed E-state index contributed by atoms with van der Waals surface area (Å²) in [5.74, 6) is -0.654. The molecular weight excluding hydrogens is 352 g/mol. The van der Waals surface area contributed by atoms with E-state index in [-0.39, 0.29) is 23.0 Å². The molecule has 2 aromatic rings. The second kappa shape index (κ2) is 8.51. The number of thioether (sulfide) groups is 1. The normalized spacial score (nSPS) is 10.2. The molecule has 0 atom stereocenters. The van der Waals surface area contributed by atoms with Crippen LogP contribution >= 0.6 is 23.4 Å². The average Bonchev–Trinajstić information content (AvgIpc) is 2.57. The number of carbonyl (C=O) groups is 2. The summed E-state index contributed by atoms with van der Waals surface area (Å²) < 4.78 is 4.56. The van der Waals surface area contributed by atoms with E-state index in [1.165, 1.54) is 13.3 Å². The maximum atomic E-state index is 11.9. The van der Waals surface area contributed by atoms with E-state index >= 15 is 0 Å². The van der Waals surface area contributed by atoms with Crippen molar-refractivity contribution in [2.45, 2.75) is 11.7 Å². The van der Waals surface area contributed by atoms with Crippen LogP contribution in [-0.2, 0) is 16.1 Å². The molecule has 0 aliphatic rings. The fraction of sp³-hybridized carbons (Fsp3) is 0.200. The number of nitrogens with two attached hydrogens (primary N) is 1. The van der Waals surface area contributed by atoms with Crippen LogP contribution in [-0.4, -0.2) is 34.7 Å². The number of halogens is 1. The molecule has 0 aliphatic carbocycles. The molecule has 0 unspecified atom stereocenters. The Labute approximate surface area is 148 Å². The highest BCUT2D eigenvalue weighted by atomic mass is 35.5. The van der Waals surface area contributed by atoms with Gasteiger partial charge >= 0.3 is 5.97 Å². The first-order chi connectivity index (χ1) is 11.5. The fourth-order valence-electron chi connectivity index (χ4n) is 1.74. The van der Waals surface area contributed by atoms with Crippen molar-refractivity contribution >= 4 is 41.1 Å². The van der Waals surface area contributed by atoms with Crippen molar-refractivity contribution in [3.63, 3.8) is 0 Å². The zero-order valence-electron chi connectivity index (χ0n) is 12.8. The number of methoxy groups -OCH3 is 1. The zero-order valence-corrected chi connectivity index (χ0v) is 14.4. The van der Waals surface area contributed by atoms with Gasteiger partial charge in [0.25, 0.3) is 0 Å². The van der Waals surface area contributed by atoms with Crippen LogP contribution in [0.15, 0.2) is 35.6 Å². The van der Waals surface area contributed by atoms with Gasteiger partial charge in [-0.25, -0.2) is 14.8 Å². The van der Waals surface area contributed by atoms with Crippen LogP contribution in [0.25, 0.3) is 0 Å². The minimum atomic E-state index is -0.608. The lowest BCUT2D eigenvalue weighted by molar-refractivity contribution is -0.118. The van der Waals surface area contributed by atoms with Gasteiger partial charge in [0.15, 0.2) is 5.16 Å². The third kappa shape index (κ3) is 5.10. The highest BCUT2D eigenvalue weighted by Crippen LogP contribution is 2.17. The maximum absolute atomic E-state index is 11.9. The van der Waals surface area contributed by atoms with Crippen LogP contribution < -0.4 is 11.1 Å². The number of nitrogen functional groups attached to an aromatic ring is 1. The Morgan fingerprint density at radius 3 is 2.88 bits per heavy atom. The van der Waals surface area contributed by atoms with E-state index in [1.54, 1.807) is 12.1 Å². The van der Waals surface area contributed by atoms with Crippen LogP contribution in [0.1, 0.15) is 15.9 Å². The number of esters is 1. The highest BCUT2D eigenvalue weighted by molar-refractivity contribution is 7.99. The molecule has 1 heterocycles. The smallest absolute Gasteiger partial charge is 0.343 e. The first kappa shape index (κ1) is 18.0. The Morgan fingerprint density at radius 1 is 1.42 bits per heavy atom. The quantitative estimate of drug-likeness (QED) is 0.456. The lowest BCUT2D eigenvalue weighted by Crippen LogP contribution is -2.24. The molecule has 0 spiro atoms. The number of rotatable bonds is 6. The molecule has 0 bridgehead atoms. The molecule has 1 aromatic heterocycles. The summed E-state index contributed by atoms with van der Waals surface area (Å²) >= 11 is 7.00. The number of carbonyl (C=O) groups excluding carboxylic acids is 2. The minimum Gasteiger partial charge on any atom is -0.465 e. The maximum Gasteiger partial charge on any atom is 0.343 e. The summed E-state index contributed by atoms with van der Waals surface area (Å²) in [5.41, 5.74) is 6.67. The number of ether oxygens (including phenoxy) is 1. The van der Waals surface area contributed by atoms with E-state index in [9.17, 15) is 9.59 Å². The molecule has 7 nitrogen and oxygen atoms in total. The molecule has 1 amide bonds. The first-order valence-corrected chi connectivity index (χ1v) is 8.20. The van der Waals surface area contributed by atoms with Gasteiger partial charge in [-0.15, -0.1) is 0 Å². The van der Waals surface area contributed by atoms with Gasteiger partial charge in [0, 0.05) is 17.8 Å². The van der Waals surface area contributed by atoms with Crippen LogP contribution in [0.5, 0.6) is 0 Å². The topological polar surface area (TPSA) is 107 Å². The summed E-state index contributed by atoms with van der Waals surface area (Å²) in [4.78, 5) is 31.2. The molecule has 1 aromatic carbocycles. The van der Waals surface area contributed by atoms with Gasteiger partial charge in [0.2, 0.25) is 5.91 Å². The molecule has 3 N–H and O–H groups in total. The van der Waals surface area contributed by atoms with E-state index in [0.29, 0.717) is 16.7 Å². The summed E-state index contributed by atoms with van der Waals surface area (Å²) in [7, 11) is 1.24. The number of aromatic nitrogens is 2. The SMILES string of the molecule is COC(=O)c1cnc(SCC(=O)NCc2cccc(Cl)c2)nc1N. The highest BCUT2D eigenvalue weighted by Gasteiger charge is 2.13. The Balaban J connectivity index is 1.85. The van der Waals surface area contributed by atoms with Crippen LogP contribution in [0, 0.1) is 0 Å². The molecule has 0 fully saturated rings. The van der Waals surface area contributed by atoms with E-state index < -0.39 is 5.97 Å². The third-order valence-electron chi connectivity index (χ3n) is 2.91. The van der Waals surface area contributed by atoms with Gasteiger partial charge in [0.05, 0.1) is 12.9 Å². The van der Waals surface area contributed by atoms with E-state index in [1.807, 2.05) is 12.1 Å². The van der Waals surface area contributed by atoms with Gasteiger partial charge < -0.3 is 15.8 Å². The lowest BCUT2D eigenvalue weighted by atomic mass is 10.2. The second-order valence-electron chi connectivity index (χ2n) is 4.64. The molecule has 9 heteroatoms. The van der Waals surface area contributed by atoms with Crippen molar-refractivity contribution < 1.29 is 14.3 Å². The van der Waals surface area contributed by atoms with Crippen LogP contribution in [0.4, 0.5) is 5.82 Å². The number of anilines is 1. The van der Waals surface area contributed by atoms with Gasteiger partial charge in [-0.05, 0) is 17.7 Å². The lowest BCUT2D eigenvalue weighted by Gasteiger charge is -2.06. The average molecular weight is 367 g/mol. The Bertz CT molecular complexity index is 757. The number of hydrogen-bond acceptors (Lipinski definition) is 7. The van der Waals surface area contributed by atoms with E-state index in [4.69, 9.17) is 17.3 Å². The summed E-state index contributed by atoms with van der Waals surface area (Å²) in [6.07, 6.45) is 1.28. The molecular formula is C15H15ClN4O3S. The van der Waals surface area contributed by atoms with Crippen LogP contribution in [0.2, 0.25) is 5.02 Å². The van der Waals surface area contributed by atoms with Gasteiger partial charge in [-0.2, -0.15) is 0 Å².